The first-order valence-electron chi connectivity index (χ1n) is 8.89. The zero-order valence-electron chi connectivity index (χ0n) is 14.6. The number of piperidine rings is 1. The van der Waals surface area contributed by atoms with Crippen LogP contribution >= 0.6 is 23.2 Å². The molecule has 3 heterocycles. The van der Waals surface area contributed by atoms with Gasteiger partial charge in [-0.15, -0.1) is 0 Å². The fraction of sp³-hybridized carbons (Fsp3) is 0.300. The molecule has 0 spiro atoms. The minimum atomic E-state index is -0.696. The van der Waals surface area contributed by atoms with E-state index in [9.17, 15) is 9.90 Å². The van der Waals surface area contributed by atoms with Gasteiger partial charge in [-0.2, -0.15) is 0 Å². The van der Waals surface area contributed by atoms with Crippen LogP contribution in [0.15, 0.2) is 42.6 Å². The third-order valence-electron chi connectivity index (χ3n) is 5.11. The van der Waals surface area contributed by atoms with Crippen LogP contribution in [0.3, 0.4) is 0 Å². The molecular formula is C20H19Cl2N3O2. The lowest BCUT2D eigenvalue weighted by Crippen LogP contribution is -2.36. The molecule has 1 saturated heterocycles. The quantitative estimate of drug-likeness (QED) is 0.690. The molecule has 1 aliphatic heterocycles. The number of hydrogen-bond donors (Lipinski definition) is 1. The number of aromatic nitrogens is 2. The lowest BCUT2D eigenvalue weighted by Gasteiger charge is -2.30. The molecule has 5 nitrogen and oxygen atoms in total. The van der Waals surface area contributed by atoms with Crippen molar-refractivity contribution in [3.05, 3.63) is 58.3 Å². The van der Waals surface area contributed by atoms with Crippen LogP contribution in [0.25, 0.3) is 16.9 Å². The highest BCUT2D eigenvalue weighted by Crippen LogP contribution is 2.29. The van der Waals surface area contributed by atoms with Crippen molar-refractivity contribution in [1.29, 1.82) is 0 Å². The first-order chi connectivity index (χ1) is 13.0. The maximum atomic E-state index is 11.2. The molecule has 1 aromatic carbocycles. The first kappa shape index (κ1) is 18.3. The Kier molecular flexibility index (Phi) is 5.08. The first-order valence-corrected chi connectivity index (χ1v) is 9.64. The molecule has 0 unspecified atom stereocenters. The average Bonchev–Trinajstić information content (AvgIpc) is 3.00. The van der Waals surface area contributed by atoms with Crippen LogP contribution in [0.2, 0.25) is 10.0 Å². The summed E-state index contributed by atoms with van der Waals surface area (Å²) in [5.74, 6) is -0.938. The van der Waals surface area contributed by atoms with Crippen molar-refractivity contribution in [2.45, 2.75) is 19.4 Å². The van der Waals surface area contributed by atoms with Gasteiger partial charge in [-0.3, -0.25) is 9.69 Å². The summed E-state index contributed by atoms with van der Waals surface area (Å²) in [4.78, 5) is 18.3. The Labute approximate surface area is 167 Å². The molecule has 0 saturated carbocycles. The second kappa shape index (κ2) is 7.50. The number of fused-ring (bicyclic) bond motifs is 1. The predicted octanol–water partition coefficient (Wildman–Crippen LogP) is 4.60. The van der Waals surface area contributed by atoms with E-state index in [1.807, 2.05) is 47.0 Å². The summed E-state index contributed by atoms with van der Waals surface area (Å²) in [5, 5.41) is 10.5. The third-order valence-corrected chi connectivity index (χ3v) is 5.58. The Morgan fingerprint density at radius 2 is 1.74 bits per heavy atom. The van der Waals surface area contributed by atoms with E-state index in [-0.39, 0.29) is 5.92 Å². The summed E-state index contributed by atoms with van der Waals surface area (Å²) in [6.45, 7) is 2.20. The Morgan fingerprint density at radius 3 is 2.41 bits per heavy atom. The van der Waals surface area contributed by atoms with Gasteiger partial charge >= 0.3 is 5.97 Å². The van der Waals surface area contributed by atoms with E-state index < -0.39 is 5.97 Å². The number of rotatable bonds is 4. The number of aliphatic carboxylic acids is 1. The van der Waals surface area contributed by atoms with Gasteiger partial charge in [-0.1, -0.05) is 35.3 Å². The largest absolute Gasteiger partial charge is 0.481 e. The van der Waals surface area contributed by atoms with Gasteiger partial charge in [0.25, 0.3) is 0 Å². The molecule has 0 bridgehead atoms. The minimum Gasteiger partial charge on any atom is -0.481 e. The lowest BCUT2D eigenvalue weighted by molar-refractivity contribution is -0.143. The molecule has 1 fully saturated rings. The van der Waals surface area contributed by atoms with Crippen molar-refractivity contribution in [3.63, 3.8) is 0 Å². The van der Waals surface area contributed by atoms with Crippen LogP contribution in [0.5, 0.6) is 0 Å². The van der Waals surface area contributed by atoms with Crippen molar-refractivity contribution in [3.8, 4) is 11.3 Å². The molecule has 0 aliphatic carbocycles. The summed E-state index contributed by atoms with van der Waals surface area (Å²) >= 11 is 12.3. The predicted molar refractivity (Wildman–Crippen MR) is 106 cm³/mol. The summed E-state index contributed by atoms with van der Waals surface area (Å²) in [6, 6.07) is 11.4. The van der Waals surface area contributed by atoms with Gasteiger partial charge in [-0.25, -0.2) is 4.98 Å². The van der Waals surface area contributed by atoms with E-state index in [1.165, 1.54) is 0 Å². The molecule has 4 rings (SSSR count). The van der Waals surface area contributed by atoms with Crippen LogP contribution in [-0.2, 0) is 11.3 Å². The molecule has 1 N–H and O–H groups in total. The van der Waals surface area contributed by atoms with E-state index >= 15 is 0 Å². The third kappa shape index (κ3) is 3.81. The molecule has 1 aliphatic rings. The number of imidazole rings is 1. The lowest BCUT2D eigenvalue weighted by atomic mass is 9.97. The van der Waals surface area contributed by atoms with Crippen LogP contribution in [0, 0.1) is 5.92 Å². The van der Waals surface area contributed by atoms with Gasteiger partial charge < -0.3 is 9.51 Å². The van der Waals surface area contributed by atoms with Crippen molar-refractivity contribution in [2.24, 2.45) is 5.92 Å². The Hall–Kier alpha value is -2.08. The second-order valence-electron chi connectivity index (χ2n) is 6.88. The van der Waals surface area contributed by atoms with E-state index in [2.05, 4.69) is 4.90 Å². The molecular weight excluding hydrogens is 385 g/mol. The van der Waals surface area contributed by atoms with E-state index in [0.29, 0.717) is 29.4 Å². The summed E-state index contributed by atoms with van der Waals surface area (Å²) < 4.78 is 2.02. The van der Waals surface area contributed by atoms with Gasteiger partial charge in [0.2, 0.25) is 0 Å². The molecule has 0 amide bonds. The highest BCUT2D eigenvalue weighted by Gasteiger charge is 2.26. The number of likely N-dealkylation sites (tertiary alicyclic amines) is 1. The smallest absolute Gasteiger partial charge is 0.306 e. The van der Waals surface area contributed by atoms with Crippen molar-refractivity contribution >= 4 is 34.8 Å². The SMILES string of the molecule is O=C(O)C1CCN(Cc2c(-c3ccc(Cl)cc3)nc3ccc(Cl)cn23)CC1. The molecule has 0 radical (unpaired) electrons. The van der Waals surface area contributed by atoms with Gasteiger partial charge in [0.05, 0.1) is 22.3 Å². The number of benzene rings is 1. The standard InChI is InChI=1S/C20H19Cl2N3O2/c21-15-3-1-13(2-4-15)19-17(25-11-16(22)5-6-18(25)23-19)12-24-9-7-14(8-10-24)20(26)27/h1-6,11,14H,7-10,12H2,(H,26,27). The van der Waals surface area contributed by atoms with Crippen LogP contribution in [-0.4, -0.2) is 38.4 Å². The zero-order chi connectivity index (χ0) is 19.0. The van der Waals surface area contributed by atoms with Gasteiger partial charge in [-0.05, 0) is 50.2 Å². The molecule has 27 heavy (non-hydrogen) atoms. The van der Waals surface area contributed by atoms with Crippen LogP contribution in [0.1, 0.15) is 18.5 Å². The summed E-state index contributed by atoms with van der Waals surface area (Å²) in [5.41, 5.74) is 3.77. The molecule has 0 atom stereocenters. The van der Waals surface area contributed by atoms with Gasteiger partial charge in [0, 0.05) is 23.3 Å². The Bertz CT molecular complexity index is 977. The number of carbonyl (C=O) groups is 1. The zero-order valence-corrected chi connectivity index (χ0v) is 16.1. The number of halogens is 2. The van der Waals surface area contributed by atoms with Crippen molar-refractivity contribution in [2.75, 3.05) is 13.1 Å². The fourth-order valence-electron chi connectivity index (χ4n) is 3.61. The van der Waals surface area contributed by atoms with E-state index in [4.69, 9.17) is 28.2 Å². The van der Waals surface area contributed by atoms with Crippen molar-refractivity contribution < 1.29 is 9.90 Å². The highest BCUT2D eigenvalue weighted by molar-refractivity contribution is 6.30. The number of carboxylic acid groups (broad SMARTS) is 1. The highest BCUT2D eigenvalue weighted by atomic mass is 35.5. The molecule has 2 aromatic heterocycles. The van der Waals surface area contributed by atoms with Crippen molar-refractivity contribution in [1.82, 2.24) is 14.3 Å². The maximum Gasteiger partial charge on any atom is 0.306 e. The van der Waals surface area contributed by atoms with E-state index in [0.717, 1.165) is 35.7 Å². The van der Waals surface area contributed by atoms with E-state index in [1.54, 1.807) is 0 Å². The Morgan fingerprint density at radius 1 is 1.07 bits per heavy atom. The maximum absolute atomic E-state index is 11.2. The second-order valence-corrected chi connectivity index (χ2v) is 7.75. The number of carboxylic acids is 1. The number of nitrogens with zero attached hydrogens (tertiary/aromatic N) is 3. The molecule has 140 valence electrons. The van der Waals surface area contributed by atoms with Gasteiger partial charge in [0.15, 0.2) is 0 Å². The fourth-order valence-corrected chi connectivity index (χ4v) is 3.89. The number of hydrogen-bond acceptors (Lipinski definition) is 3. The summed E-state index contributed by atoms with van der Waals surface area (Å²) in [6.07, 6.45) is 3.22. The monoisotopic (exact) mass is 403 g/mol. The molecule has 7 heteroatoms. The number of pyridine rings is 1. The Balaban J connectivity index is 1.69. The summed E-state index contributed by atoms with van der Waals surface area (Å²) in [7, 11) is 0. The van der Waals surface area contributed by atoms with Crippen LogP contribution in [0.4, 0.5) is 0 Å². The molecule has 3 aromatic rings. The van der Waals surface area contributed by atoms with Crippen LogP contribution < -0.4 is 0 Å². The van der Waals surface area contributed by atoms with Gasteiger partial charge in [0.1, 0.15) is 5.65 Å². The minimum absolute atomic E-state index is 0.242. The topological polar surface area (TPSA) is 57.8 Å². The normalized spacial score (nSPS) is 16.1. The average molecular weight is 404 g/mol.